The lowest BCUT2D eigenvalue weighted by Crippen LogP contribution is -2.16. The molecule has 0 saturated heterocycles. The summed E-state index contributed by atoms with van der Waals surface area (Å²) in [4.78, 5) is 0. The van der Waals surface area contributed by atoms with Crippen molar-refractivity contribution in [1.82, 2.24) is 0 Å². The van der Waals surface area contributed by atoms with Gasteiger partial charge in [0, 0.05) is 0 Å². The molecule has 0 aliphatic heterocycles. The molecule has 1 saturated carbocycles. The molecule has 0 N–H and O–H groups in total. The van der Waals surface area contributed by atoms with E-state index in [1.165, 1.54) is 42.4 Å². The van der Waals surface area contributed by atoms with E-state index in [0.717, 1.165) is 5.92 Å². The van der Waals surface area contributed by atoms with Crippen LogP contribution in [0.5, 0.6) is 0 Å². The molecule has 2 aromatic rings. The van der Waals surface area contributed by atoms with Crippen LogP contribution in [-0.2, 0) is 0 Å². The number of benzene rings is 2. The predicted molar refractivity (Wildman–Crippen MR) is 91.6 cm³/mol. The number of rotatable bonds is 3. The summed E-state index contributed by atoms with van der Waals surface area (Å²) in [5.74, 6) is 1.52. The molecule has 1 atom stereocenters. The molecule has 110 valence electrons. The maximum Gasteiger partial charge on any atom is 0.0613 e. The first-order chi connectivity index (χ1) is 10.2. The fraction of sp³-hybridized carbons (Fsp3) is 0.400. The van der Waals surface area contributed by atoms with Gasteiger partial charge in [0.05, 0.1) is 5.38 Å². The van der Waals surface area contributed by atoms with Crippen molar-refractivity contribution < 1.29 is 0 Å². The Hall–Kier alpha value is -1.27. The topological polar surface area (TPSA) is 0 Å². The second kappa shape index (κ2) is 6.66. The average Bonchev–Trinajstić information content (AvgIpc) is 2.56. The van der Waals surface area contributed by atoms with Crippen LogP contribution in [0.1, 0.15) is 43.5 Å². The summed E-state index contributed by atoms with van der Waals surface area (Å²) in [5.41, 5.74) is 3.80. The Morgan fingerprint density at radius 3 is 2.00 bits per heavy atom. The lowest BCUT2D eigenvalue weighted by molar-refractivity contribution is 0.283. The third-order valence-electron chi connectivity index (χ3n) is 4.81. The van der Waals surface area contributed by atoms with E-state index in [9.17, 15) is 0 Å². The van der Waals surface area contributed by atoms with E-state index < -0.39 is 0 Å². The van der Waals surface area contributed by atoms with Crippen LogP contribution in [0.15, 0.2) is 54.6 Å². The Labute approximate surface area is 133 Å². The van der Waals surface area contributed by atoms with Gasteiger partial charge in [-0.2, -0.15) is 0 Å². The third kappa shape index (κ3) is 3.49. The van der Waals surface area contributed by atoms with Crippen LogP contribution in [0.25, 0.3) is 11.1 Å². The van der Waals surface area contributed by atoms with Gasteiger partial charge in [-0.3, -0.25) is 0 Å². The summed E-state index contributed by atoms with van der Waals surface area (Å²) < 4.78 is 0. The van der Waals surface area contributed by atoms with Crippen molar-refractivity contribution >= 4 is 11.6 Å². The maximum atomic E-state index is 6.73. The highest BCUT2D eigenvalue weighted by molar-refractivity contribution is 6.21. The van der Waals surface area contributed by atoms with Crippen molar-refractivity contribution in [3.05, 3.63) is 60.2 Å². The zero-order valence-electron chi connectivity index (χ0n) is 12.6. The smallest absolute Gasteiger partial charge is 0.0613 e. The quantitative estimate of drug-likeness (QED) is 0.570. The van der Waals surface area contributed by atoms with Crippen LogP contribution < -0.4 is 0 Å². The van der Waals surface area contributed by atoms with Crippen LogP contribution in [0, 0.1) is 11.8 Å². The van der Waals surface area contributed by atoms with Crippen molar-refractivity contribution in [2.75, 3.05) is 0 Å². The molecular weight excluding hydrogens is 276 g/mol. The van der Waals surface area contributed by atoms with Crippen LogP contribution in [0.2, 0.25) is 0 Å². The van der Waals surface area contributed by atoms with E-state index in [1.54, 1.807) is 0 Å². The van der Waals surface area contributed by atoms with Gasteiger partial charge < -0.3 is 0 Å². The van der Waals surface area contributed by atoms with Gasteiger partial charge in [0.2, 0.25) is 0 Å². The number of hydrogen-bond donors (Lipinski definition) is 0. The fourth-order valence-electron chi connectivity index (χ4n) is 3.34. The zero-order chi connectivity index (χ0) is 14.7. The normalized spacial score (nSPS) is 23.7. The lowest BCUT2D eigenvalue weighted by Gasteiger charge is -2.29. The minimum absolute atomic E-state index is 0.169. The number of halogens is 1. The van der Waals surface area contributed by atoms with Gasteiger partial charge in [-0.05, 0) is 41.4 Å². The predicted octanol–water partition coefficient (Wildman–Crippen LogP) is 6.46. The van der Waals surface area contributed by atoms with Crippen molar-refractivity contribution in [3.8, 4) is 11.1 Å². The average molecular weight is 299 g/mol. The van der Waals surface area contributed by atoms with Crippen LogP contribution in [0.4, 0.5) is 0 Å². The van der Waals surface area contributed by atoms with Gasteiger partial charge in [-0.15, -0.1) is 11.6 Å². The van der Waals surface area contributed by atoms with E-state index in [-0.39, 0.29) is 5.38 Å². The Morgan fingerprint density at radius 2 is 1.38 bits per heavy atom. The molecule has 21 heavy (non-hydrogen) atoms. The summed E-state index contributed by atoms with van der Waals surface area (Å²) in [7, 11) is 0. The minimum Gasteiger partial charge on any atom is -0.118 e. The standard InChI is InChI=1S/C20H23Cl/c1-15-7-9-18(10-8-15)20(21)19-13-11-17(12-14-19)16-5-3-2-4-6-16/h2-6,11-15,18,20H,7-10H2,1H3. The van der Waals surface area contributed by atoms with E-state index in [0.29, 0.717) is 5.92 Å². The Bertz CT molecular complexity index is 550. The van der Waals surface area contributed by atoms with Gasteiger partial charge >= 0.3 is 0 Å². The first kappa shape index (κ1) is 14.7. The minimum atomic E-state index is 0.169. The Balaban J connectivity index is 1.72. The highest BCUT2D eigenvalue weighted by Crippen LogP contribution is 2.40. The molecule has 3 rings (SSSR count). The molecule has 0 spiro atoms. The molecule has 0 amide bonds. The second-order valence-corrected chi connectivity index (χ2v) is 6.88. The summed E-state index contributed by atoms with van der Waals surface area (Å²) in [6.45, 7) is 2.36. The van der Waals surface area contributed by atoms with Crippen molar-refractivity contribution in [2.45, 2.75) is 38.0 Å². The molecule has 1 unspecified atom stereocenters. The summed E-state index contributed by atoms with van der Waals surface area (Å²) in [6.07, 6.45) is 5.21. The van der Waals surface area contributed by atoms with Gasteiger partial charge in [-0.25, -0.2) is 0 Å². The highest BCUT2D eigenvalue weighted by Gasteiger charge is 2.25. The van der Waals surface area contributed by atoms with Crippen molar-refractivity contribution in [3.63, 3.8) is 0 Å². The monoisotopic (exact) mass is 298 g/mol. The number of alkyl halides is 1. The number of hydrogen-bond acceptors (Lipinski definition) is 0. The van der Waals surface area contributed by atoms with Gasteiger partial charge in [0.1, 0.15) is 0 Å². The third-order valence-corrected chi connectivity index (χ3v) is 5.42. The SMILES string of the molecule is CC1CCC(C(Cl)c2ccc(-c3ccccc3)cc2)CC1. The van der Waals surface area contributed by atoms with E-state index in [4.69, 9.17) is 11.6 Å². The molecule has 2 aromatic carbocycles. The van der Waals surface area contributed by atoms with Gasteiger partial charge in [0.25, 0.3) is 0 Å². The van der Waals surface area contributed by atoms with E-state index in [2.05, 4.69) is 61.5 Å². The molecular formula is C20H23Cl. The molecule has 0 nitrogen and oxygen atoms in total. The zero-order valence-corrected chi connectivity index (χ0v) is 13.4. The molecule has 0 heterocycles. The van der Waals surface area contributed by atoms with Gasteiger partial charge in [-0.1, -0.05) is 74.4 Å². The fourth-order valence-corrected chi connectivity index (χ4v) is 3.74. The summed E-state index contributed by atoms with van der Waals surface area (Å²) >= 11 is 6.73. The van der Waals surface area contributed by atoms with E-state index >= 15 is 0 Å². The molecule has 1 aliphatic carbocycles. The Kier molecular flexibility index (Phi) is 4.65. The first-order valence-electron chi connectivity index (χ1n) is 8.03. The second-order valence-electron chi connectivity index (χ2n) is 6.41. The highest BCUT2D eigenvalue weighted by atomic mass is 35.5. The largest absolute Gasteiger partial charge is 0.118 e. The van der Waals surface area contributed by atoms with Gasteiger partial charge in [0.15, 0.2) is 0 Å². The molecule has 0 bridgehead atoms. The first-order valence-corrected chi connectivity index (χ1v) is 8.47. The molecule has 1 heteroatoms. The van der Waals surface area contributed by atoms with Crippen LogP contribution in [-0.4, -0.2) is 0 Å². The molecule has 0 aromatic heterocycles. The van der Waals surface area contributed by atoms with Crippen LogP contribution in [0.3, 0.4) is 0 Å². The van der Waals surface area contributed by atoms with Crippen LogP contribution >= 0.6 is 11.6 Å². The molecule has 0 radical (unpaired) electrons. The Morgan fingerprint density at radius 1 is 0.810 bits per heavy atom. The van der Waals surface area contributed by atoms with Crippen molar-refractivity contribution in [1.29, 1.82) is 0 Å². The molecule has 1 fully saturated rings. The van der Waals surface area contributed by atoms with E-state index in [1.807, 2.05) is 0 Å². The lowest BCUT2D eigenvalue weighted by atomic mass is 9.80. The summed E-state index contributed by atoms with van der Waals surface area (Å²) in [6, 6.07) is 19.3. The van der Waals surface area contributed by atoms with Crippen molar-refractivity contribution in [2.24, 2.45) is 11.8 Å². The summed E-state index contributed by atoms with van der Waals surface area (Å²) in [5, 5.41) is 0.169. The molecule has 1 aliphatic rings. The maximum absolute atomic E-state index is 6.73.